The molecule has 10 heteroatoms. The van der Waals surface area contributed by atoms with E-state index in [9.17, 15) is 9.59 Å². The molecular formula is C16H18BrClN6O2. The molecule has 0 unspecified atom stereocenters. The Hall–Kier alpha value is -1.94. The largest absolute Gasteiger partial charge is 0.304 e. The Kier molecular flexibility index (Phi) is 5.92. The van der Waals surface area contributed by atoms with Crippen LogP contribution in [0.2, 0.25) is 5.02 Å². The van der Waals surface area contributed by atoms with Crippen molar-refractivity contribution in [2.45, 2.75) is 0 Å². The molecule has 1 aliphatic rings. The van der Waals surface area contributed by atoms with Gasteiger partial charge >= 0.3 is 0 Å². The molecule has 0 spiro atoms. The lowest BCUT2D eigenvalue weighted by Crippen LogP contribution is -2.52. The molecule has 0 radical (unpaired) electrons. The van der Waals surface area contributed by atoms with E-state index < -0.39 is 5.91 Å². The molecule has 1 aliphatic heterocycles. The van der Waals surface area contributed by atoms with Gasteiger partial charge in [0, 0.05) is 26.2 Å². The number of carbonyl (C=O) groups excluding carboxylic acids is 2. The van der Waals surface area contributed by atoms with Gasteiger partial charge in [-0.1, -0.05) is 23.7 Å². The Balaban J connectivity index is 1.67. The molecule has 3 N–H and O–H groups in total. The van der Waals surface area contributed by atoms with Crippen LogP contribution < -0.4 is 10.7 Å². The summed E-state index contributed by atoms with van der Waals surface area (Å²) < 4.78 is 0.379. The van der Waals surface area contributed by atoms with Crippen LogP contribution in [0.25, 0.3) is 0 Å². The van der Waals surface area contributed by atoms with Crippen LogP contribution in [-0.2, 0) is 0 Å². The number of anilines is 1. The number of H-pyrrole nitrogens is 1. The molecule has 1 aromatic heterocycles. The number of piperazine rings is 1. The monoisotopic (exact) mass is 440 g/mol. The number of rotatable bonds is 4. The van der Waals surface area contributed by atoms with E-state index in [1.807, 2.05) is 12.1 Å². The first-order chi connectivity index (χ1) is 12.5. The lowest BCUT2D eigenvalue weighted by molar-refractivity contribution is 0.0657. The normalized spacial score (nSPS) is 15.7. The molecule has 1 aromatic carbocycles. The number of likely N-dealkylation sites (N-methyl/N-ethyl adjacent to an activating group) is 1. The minimum Gasteiger partial charge on any atom is -0.304 e. The second-order valence-corrected chi connectivity index (χ2v) is 7.13. The minimum atomic E-state index is -0.408. The van der Waals surface area contributed by atoms with Gasteiger partial charge in [-0.15, -0.1) is 0 Å². The van der Waals surface area contributed by atoms with Crippen molar-refractivity contribution in [2.75, 3.05) is 38.5 Å². The molecule has 2 heterocycles. The summed E-state index contributed by atoms with van der Waals surface area (Å²) in [5, 5.41) is 11.5. The Morgan fingerprint density at radius 3 is 2.58 bits per heavy atom. The summed E-state index contributed by atoms with van der Waals surface area (Å²) in [6.45, 7) is 3.24. The van der Waals surface area contributed by atoms with Crippen LogP contribution in [0.1, 0.15) is 20.8 Å². The molecule has 1 fully saturated rings. The number of carbonyl (C=O) groups is 2. The molecule has 2 amide bonds. The van der Waals surface area contributed by atoms with Crippen LogP contribution in [0.4, 0.5) is 5.82 Å². The van der Waals surface area contributed by atoms with Crippen molar-refractivity contribution in [2.24, 2.45) is 0 Å². The van der Waals surface area contributed by atoms with Gasteiger partial charge in [-0.25, -0.2) is 5.01 Å². The second kappa shape index (κ2) is 8.17. The van der Waals surface area contributed by atoms with Gasteiger partial charge < -0.3 is 10.2 Å². The number of aromatic nitrogens is 2. The van der Waals surface area contributed by atoms with Crippen LogP contribution in [0, 0.1) is 0 Å². The zero-order valence-corrected chi connectivity index (χ0v) is 16.4. The predicted molar refractivity (Wildman–Crippen MR) is 102 cm³/mol. The van der Waals surface area contributed by atoms with Crippen molar-refractivity contribution < 1.29 is 9.59 Å². The first-order valence-corrected chi connectivity index (χ1v) is 9.17. The maximum absolute atomic E-state index is 12.4. The third kappa shape index (κ3) is 4.24. The number of hydrogen-bond donors (Lipinski definition) is 3. The highest BCUT2D eigenvalue weighted by Crippen LogP contribution is 2.25. The lowest BCUT2D eigenvalue weighted by atomic mass is 10.2. The van der Waals surface area contributed by atoms with Crippen LogP contribution in [-0.4, -0.2) is 65.1 Å². The Labute approximate surface area is 164 Å². The van der Waals surface area contributed by atoms with Crippen LogP contribution in [0.15, 0.2) is 28.7 Å². The Morgan fingerprint density at radius 2 is 1.88 bits per heavy atom. The van der Waals surface area contributed by atoms with E-state index in [2.05, 4.69) is 41.8 Å². The maximum atomic E-state index is 12.4. The highest BCUT2D eigenvalue weighted by molar-refractivity contribution is 9.10. The number of hydrazine groups is 1. The number of halogens is 2. The van der Waals surface area contributed by atoms with E-state index in [1.54, 1.807) is 24.3 Å². The molecule has 8 nitrogen and oxygen atoms in total. The predicted octanol–water partition coefficient (Wildman–Crippen LogP) is 1.97. The number of amides is 2. The zero-order chi connectivity index (χ0) is 18.7. The van der Waals surface area contributed by atoms with E-state index in [1.165, 1.54) is 0 Å². The van der Waals surface area contributed by atoms with Gasteiger partial charge in [-0.2, -0.15) is 5.10 Å². The quantitative estimate of drug-likeness (QED) is 0.674. The maximum Gasteiger partial charge on any atom is 0.284 e. The standard InChI is InChI=1S/C16H18BrClN6O2/c1-23-6-8-24(9-7-23)22-16(26)13-12(17)14(21-20-13)19-15(25)10-4-2-3-5-11(10)18/h2-5H,6-9H2,1H3,(H,22,26)(H2,19,20,21,25). The summed E-state index contributed by atoms with van der Waals surface area (Å²) in [5.41, 5.74) is 3.40. The summed E-state index contributed by atoms with van der Waals surface area (Å²) in [6, 6.07) is 6.70. The first kappa shape index (κ1) is 18.8. The molecule has 0 saturated carbocycles. The summed E-state index contributed by atoms with van der Waals surface area (Å²) in [4.78, 5) is 27.0. The zero-order valence-electron chi connectivity index (χ0n) is 14.1. The van der Waals surface area contributed by atoms with E-state index >= 15 is 0 Å². The van der Waals surface area contributed by atoms with Crippen molar-refractivity contribution in [3.8, 4) is 0 Å². The van der Waals surface area contributed by atoms with Crippen LogP contribution >= 0.6 is 27.5 Å². The van der Waals surface area contributed by atoms with Gasteiger partial charge in [0.2, 0.25) is 0 Å². The molecule has 0 bridgehead atoms. The number of aromatic amines is 1. The van der Waals surface area contributed by atoms with Gasteiger partial charge in [0.25, 0.3) is 11.8 Å². The summed E-state index contributed by atoms with van der Waals surface area (Å²) in [5.74, 6) is -0.514. The topological polar surface area (TPSA) is 93.4 Å². The molecular weight excluding hydrogens is 424 g/mol. The molecule has 1 saturated heterocycles. The lowest BCUT2D eigenvalue weighted by Gasteiger charge is -2.32. The first-order valence-electron chi connectivity index (χ1n) is 8.00. The van der Waals surface area contributed by atoms with Crippen molar-refractivity contribution >= 4 is 45.2 Å². The average Bonchev–Trinajstić information content (AvgIpc) is 2.98. The number of nitrogens with zero attached hydrogens (tertiary/aromatic N) is 3. The average molecular weight is 442 g/mol. The van der Waals surface area contributed by atoms with Crippen molar-refractivity contribution in [3.05, 3.63) is 45.0 Å². The fourth-order valence-corrected chi connectivity index (χ4v) is 3.18. The third-order valence-electron chi connectivity index (χ3n) is 4.05. The Morgan fingerprint density at radius 1 is 1.19 bits per heavy atom. The molecule has 138 valence electrons. The van der Waals surface area contributed by atoms with Gasteiger partial charge in [0.1, 0.15) is 5.69 Å². The second-order valence-electron chi connectivity index (χ2n) is 5.93. The smallest absolute Gasteiger partial charge is 0.284 e. The van der Waals surface area contributed by atoms with Crippen molar-refractivity contribution in [1.82, 2.24) is 25.5 Å². The van der Waals surface area contributed by atoms with E-state index in [4.69, 9.17) is 11.6 Å². The molecule has 0 atom stereocenters. The highest BCUT2D eigenvalue weighted by Gasteiger charge is 2.22. The number of benzene rings is 1. The van der Waals surface area contributed by atoms with E-state index in [-0.39, 0.29) is 17.4 Å². The third-order valence-corrected chi connectivity index (χ3v) is 5.15. The summed E-state index contributed by atoms with van der Waals surface area (Å²) >= 11 is 9.34. The fourth-order valence-electron chi connectivity index (χ4n) is 2.50. The fraction of sp³-hybridized carbons (Fsp3) is 0.312. The summed E-state index contributed by atoms with van der Waals surface area (Å²) in [7, 11) is 2.04. The van der Waals surface area contributed by atoms with Crippen molar-refractivity contribution in [1.29, 1.82) is 0 Å². The molecule has 2 aromatic rings. The van der Waals surface area contributed by atoms with Gasteiger partial charge in [-0.3, -0.25) is 20.1 Å². The number of hydrogen-bond acceptors (Lipinski definition) is 5. The molecule has 3 rings (SSSR count). The van der Waals surface area contributed by atoms with E-state index in [0.717, 1.165) is 26.2 Å². The molecule has 0 aliphatic carbocycles. The Bertz CT molecular complexity index is 819. The summed E-state index contributed by atoms with van der Waals surface area (Å²) in [6.07, 6.45) is 0. The van der Waals surface area contributed by atoms with Crippen LogP contribution in [0.3, 0.4) is 0 Å². The van der Waals surface area contributed by atoms with Gasteiger partial charge in [0.05, 0.1) is 15.1 Å². The van der Waals surface area contributed by atoms with Crippen LogP contribution in [0.5, 0.6) is 0 Å². The van der Waals surface area contributed by atoms with Gasteiger partial charge in [0.15, 0.2) is 5.82 Å². The highest BCUT2D eigenvalue weighted by atomic mass is 79.9. The molecule has 26 heavy (non-hydrogen) atoms. The number of nitrogens with one attached hydrogen (secondary N) is 3. The SMILES string of the molecule is CN1CCN(NC(=O)c2[nH]nc(NC(=O)c3ccccc3Cl)c2Br)CC1. The van der Waals surface area contributed by atoms with Gasteiger partial charge in [-0.05, 0) is 35.1 Å². The minimum absolute atomic E-state index is 0.221. The van der Waals surface area contributed by atoms with Crippen molar-refractivity contribution in [3.63, 3.8) is 0 Å². The van der Waals surface area contributed by atoms with E-state index in [0.29, 0.717) is 15.1 Å².